The van der Waals surface area contributed by atoms with Gasteiger partial charge in [-0.05, 0) is 31.0 Å². The number of fused-ring (bicyclic) bond motifs is 1. The van der Waals surface area contributed by atoms with Crippen molar-refractivity contribution in [3.63, 3.8) is 0 Å². The Kier molecular flexibility index (Phi) is 3.96. The number of benzene rings is 1. The summed E-state index contributed by atoms with van der Waals surface area (Å²) in [5.41, 5.74) is 1.86. The van der Waals surface area contributed by atoms with Gasteiger partial charge in [-0.3, -0.25) is 19.5 Å². The minimum Gasteiger partial charge on any atom is -0.326 e. The van der Waals surface area contributed by atoms with E-state index in [4.69, 9.17) is 0 Å². The molecule has 2 aliphatic heterocycles. The van der Waals surface area contributed by atoms with Crippen LogP contribution in [0.15, 0.2) is 29.3 Å². The van der Waals surface area contributed by atoms with Gasteiger partial charge in [-0.25, -0.2) is 0 Å². The molecule has 1 aromatic rings. The van der Waals surface area contributed by atoms with Gasteiger partial charge < -0.3 is 5.32 Å². The average molecular weight is 303 g/mol. The Balaban J connectivity index is 1.62. The number of amides is 2. The Bertz CT molecular complexity index is 615. The lowest BCUT2D eigenvalue weighted by Gasteiger charge is -2.19. The van der Waals surface area contributed by atoms with Crippen LogP contribution in [0.25, 0.3) is 0 Å². The highest BCUT2D eigenvalue weighted by Gasteiger charge is 2.39. The van der Waals surface area contributed by atoms with E-state index in [0.29, 0.717) is 0 Å². The van der Waals surface area contributed by atoms with E-state index in [1.54, 1.807) is 4.90 Å². The Morgan fingerprint density at radius 1 is 1.52 bits per heavy atom. The minimum atomic E-state index is -0.341. The molecule has 0 aliphatic carbocycles. The van der Waals surface area contributed by atoms with Crippen molar-refractivity contribution >= 4 is 34.4 Å². The van der Waals surface area contributed by atoms with Crippen molar-refractivity contribution in [1.29, 1.82) is 0 Å². The maximum Gasteiger partial charge on any atom is 0.242 e. The number of nitrogens with zero attached hydrogens (tertiary/aromatic N) is 2. The quantitative estimate of drug-likeness (QED) is 0.929. The molecule has 2 amide bonds. The SMILES string of the molecule is Cc1cccc(NC(=O)CC2SC3=NCCCN3C2=O)c1. The first kappa shape index (κ1) is 14.1. The van der Waals surface area contributed by atoms with Crippen LogP contribution < -0.4 is 5.32 Å². The molecule has 0 bridgehead atoms. The van der Waals surface area contributed by atoms with Crippen LogP contribution in [0, 0.1) is 6.92 Å². The molecule has 1 saturated heterocycles. The van der Waals surface area contributed by atoms with Gasteiger partial charge in [0.2, 0.25) is 11.8 Å². The van der Waals surface area contributed by atoms with Gasteiger partial charge in [0.25, 0.3) is 0 Å². The van der Waals surface area contributed by atoms with Crippen LogP contribution >= 0.6 is 11.8 Å². The van der Waals surface area contributed by atoms with Crippen LogP contribution in [0.3, 0.4) is 0 Å². The summed E-state index contributed by atoms with van der Waals surface area (Å²) in [6, 6.07) is 7.63. The fourth-order valence-corrected chi connectivity index (χ4v) is 3.67. The Hall–Kier alpha value is -1.82. The van der Waals surface area contributed by atoms with E-state index in [9.17, 15) is 9.59 Å². The number of nitrogens with one attached hydrogen (secondary N) is 1. The van der Waals surface area contributed by atoms with Crippen molar-refractivity contribution in [2.75, 3.05) is 18.4 Å². The molecule has 0 saturated carbocycles. The lowest BCUT2D eigenvalue weighted by atomic mass is 10.2. The molecule has 2 aliphatic rings. The smallest absolute Gasteiger partial charge is 0.242 e. The van der Waals surface area contributed by atoms with Crippen LogP contribution in [0.4, 0.5) is 5.69 Å². The molecule has 0 radical (unpaired) electrons. The summed E-state index contributed by atoms with van der Waals surface area (Å²) in [5, 5.41) is 3.28. The number of hydrogen-bond donors (Lipinski definition) is 1. The molecule has 6 heteroatoms. The molecule has 2 heterocycles. The van der Waals surface area contributed by atoms with Gasteiger partial charge >= 0.3 is 0 Å². The first-order valence-electron chi connectivity index (χ1n) is 7.02. The van der Waals surface area contributed by atoms with Crippen molar-refractivity contribution in [2.45, 2.75) is 25.0 Å². The van der Waals surface area contributed by atoms with Crippen molar-refractivity contribution in [3.8, 4) is 0 Å². The maximum absolute atomic E-state index is 12.2. The third-order valence-electron chi connectivity index (χ3n) is 3.48. The van der Waals surface area contributed by atoms with Crippen LogP contribution in [-0.4, -0.2) is 40.2 Å². The highest BCUT2D eigenvalue weighted by atomic mass is 32.2. The summed E-state index contributed by atoms with van der Waals surface area (Å²) in [6.45, 7) is 3.47. The Morgan fingerprint density at radius 2 is 2.38 bits per heavy atom. The zero-order valence-electron chi connectivity index (χ0n) is 11.8. The number of aryl methyl sites for hydroxylation is 1. The molecule has 1 unspecified atom stereocenters. The van der Waals surface area contributed by atoms with E-state index in [1.165, 1.54) is 11.8 Å². The molecule has 3 rings (SSSR count). The van der Waals surface area contributed by atoms with Gasteiger partial charge in [-0.1, -0.05) is 23.9 Å². The fourth-order valence-electron chi connectivity index (χ4n) is 2.47. The Labute approximate surface area is 127 Å². The second kappa shape index (κ2) is 5.89. The van der Waals surface area contributed by atoms with E-state index < -0.39 is 0 Å². The third kappa shape index (κ3) is 3.10. The summed E-state index contributed by atoms with van der Waals surface area (Å²) in [7, 11) is 0. The molecule has 1 aromatic carbocycles. The minimum absolute atomic E-state index is 0.0119. The zero-order valence-corrected chi connectivity index (χ0v) is 12.7. The molecule has 21 heavy (non-hydrogen) atoms. The monoisotopic (exact) mass is 303 g/mol. The number of thioether (sulfide) groups is 1. The van der Waals surface area contributed by atoms with E-state index in [0.717, 1.165) is 35.9 Å². The van der Waals surface area contributed by atoms with Gasteiger partial charge in [-0.15, -0.1) is 0 Å². The number of aliphatic imine (C=N–C) groups is 1. The molecule has 0 aromatic heterocycles. The number of carbonyl (C=O) groups is 2. The topological polar surface area (TPSA) is 61.8 Å². The predicted octanol–water partition coefficient (Wildman–Crippen LogP) is 2.03. The third-order valence-corrected chi connectivity index (χ3v) is 4.69. The van der Waals surface area contributed by atoms with E-state index in [2.05, 4.69) is 10.3 Å². The first-order chi connectivity index (χ1) is 10.1. The van der Waals surface area contributed by atoms with Gasteiger partial charge in [0.05, 0.1) is 0 Å². The molecule has 1 N–H and O–H groups in total. The van der Waals surface area contributed by atoms with Crippen LogP contribution in [0.2, 0.25) is 0 Å². The second-order valence-electron chi connectivity index (χ2n) is 5.24. The highest BCUT2D eigenvalue weighted by Crippen LogP contribution is 2.31. The van der Waals surface area contributed by atoms with Crippen LogP contribution in [0.1, 0.15) is 18.4 Å². The number of hydrogen-bond acceptors (Lipinski definition) is 4. The zero-order chi connectivity index (χ0) is 14.8. The summed E-state index contributed by atoms with van der Waals surface area (Å²) < 4.78 is 0. The number of amidine groups is 1. The number of rotatable bonds is 3. The van der Waals surface area contributed by atoms with Crippen molar-refractivity contribution in [3.05, 3.63) is 29.8 Å². The fraction of sp³-hybridized carbons (Fsp3) is 0.400. The molecular formula is C15H17N3O2S. The van der Waals surface area contributed by atoms with Crippen molar-refractivity contribution in [1.82, 2.24) is 4.90 Å². The molecule has 1 fully saturated rings. The lowest BCUT2D eigenvalue weighted by molar-refractivity contribution is -0.128. The van der Waals surface area contributed by atoms with Crippen LogP contribution in [-0.2, 0) is 9.59 Å². The molecule has 0 spiro atoms. The van der Waals surface area contributed by atoms with Gasteiger partial charge in [0.15, 0.2) is 5.17 Å². The number of carbonyl (C=O) groups excluding carboxylic acids is 2. The first-order valence-corrected chi connectivity index (χ1v) is 7.90. The van der Waals surface area contributed by atoms with Crippen molar-refractivity contribution in [2.24, 2.45) is 4.99 Å². The molecular weight excluding hydrogens is 286 g/mol. The predicted molar refractivity (Wildman–Crippen MR) is 84.4 cm³/mol. The summed E-state index contributed by atoms with van der Waals surface area (Å²) in [6.07, 6.45) is 1.09. The second-order valence-corrected chi connectivity index (χ2v) is 6.41. The summed E-state index contributed by atoms with van der Waals surface area (Å²) >= 11 is 1.41. The molecule has 110 valence electrons. The van der Waals surface area contributed by atoms with Gasteiger partial charge in [-0.2, -0.15) is 0 Å². The number of anilines is 1. The van der Waals surface area contributed by atoms with Gasteiger partial charge in [0.1, 0.15) is 5.25 Å². The summed E-state index contributed by atoms with van der Waals surface area (Å²) in [4.78, 5) is 30.4. The molecule has 5 nitrogen and oxygen atoms in total. The maximum atomic E-state index is 12.2. The largest absolute Gasteiger partial charge is 0.326 e. The average Bonchev–Trinajstić information content (AvgIpc) is 2.76. The standard InChI is InChI=1S/C15H17N3O2S/c1-10-4-2-5-11(8-10)17-13(19)9-12-14(20)18-7-3-6-16-15(18)21-12/h2,4-5,8,12H,3,6-7,9H2,1H3,(H,17,19). The van der Waals surface area contributed by atoms with Gasteiger partial charge in [0, 0.05) is 25.2 Å². The normalized spacial score (nSPS) is 21.0. The van der Waals surface area contributed by atoms with E-state index in [-0.39, 0.29) is 23.5 Å². The van der Waals surface area contributed by atoms with Crippen molar-refractivity contribution < 1.29 is 9.59 Å². The summed E-state index contributed by atoms with van der Waals surface area (Å²) in [5.74, 6) is -0.121. The Morgan fingerprint density at radius 3 is 3.14 bits per heavy atom. The van der Waals surface area contributed by atoms with E-state index >= 15 is 0 Å². The highest BCUT2D eigenvalue weighted by molar-refractivity contribution is 8.15. The lowest BCUT2D eigenvalue weighted by Crippen LogP contribution is -2.36. The van der Waals surface area contributed by atoms with E-state index in [1.807, 2.05) is 31.2 Å². The molecule has 1 atom stereocenters. The van der Waals surface area contributed by atoms with Crippen LogP contribution in [0.5, 0.6) is 0 Å².